The molecule has 0 atom stereocenters. The first-order valence-electron chi connectivity index (χ1n) is 8.97. The highest BCUT2D eigenvalue weighted by atomic mass is 28.1. The molecule has 26 heavy (non-hydrogen) atoms. The summed E-state index contributed by atoms with van der Waals surface area (Å²) in [5.74, 6) is -0.0159. The Kier molecular flexibility index (Phi) is 5.75. The van der Waals surface area contributed by atoms with E-state index in [1.54, 1.807) is 18.2 Å². The van der Waals surface area contributed by atoms with Crippen LogP contribution in [-0.2, 0) is 6.11 Å². The molecule has 2 aromatic rings. The van der Waals surface area contributed by atoms with Crippen LogP contribution in [0.1, 0.15) is 48.3 Å². The molecule has 1 aliphatic carbocycles. The molecular weight excluding hydrogens is 353 g/mol. The fraction of sp³-hybridized carbons (Fsp3) is 0.429. The van der Waals surface area contributed by atoms with Crippen molar-refractivity contribution in [2.75, 3.05) is 0 Å². The number of alkyl halides is 2. The molecule has 1 aliphatic rings. The van der Waals surface area contributed by atoms with Crippen molar-refractivity contribution in [3.63, 3.8) is 0 Å². The zero-order chi connectivity index (χ0) is 18.7. The fourth-order valence-electron chi connectivity index (χ4n) is 3.53. The van der Waals surface area contributed by atoms with Crippen molar-refractivity contribution >= 4 is 10.2 Å². The number of aryl methyl sites for hydroxylation is 1. The van der Waals surface area contributed by atoms with Gasteiger partial charge in [-0.05, 0) is 61.4 Å². The lowest BCUT2D eigenvalue weighted by atomic mass is 9.79. The van der Waals surface area contributed by atoms with Gasteiger partial charge in [-0.3, -0.25) is 0 Å². The minimum atomic E-state index is -3.72. The van der Waals surface area contributed by atoms with E-state index in [9.17, 15) is 13.2 Å². The van der Waals surface area contributed by atoms with Crippen LogP contribution in [0.15, 0.2) is 42.5 Å². The normalized spacial score (nSPS) is 20.8. The van der Waals surface area contributed by atoms with Gasteiger partial charge in [-0.1, -0.05) is 42.6 Å². The molecule has 0 saturated heterocycles. The summed E-state index contributed by atoms with van der Waals surface area (Å²) in [5.41, 5.74) is 1.01. The average Bonchev–Trinajstić information content (AvgIpc) is 2.63. The first-order chi connectivity index (χ1) is 12.4. The van der Waals surface area contributed by atoms with Crippen molar-refractivity contribution in [1.82, 2.24) is 0 Å². The Morgan fingerprint density at radius 1 is 1.04 bits per heavy atom. The van der Waals surface area contributed by atoms with Crippen LogP contribution >= 0.6 is 0 Å². The first-order valence-corrected chi connectivity index (χ1v) is 9.68. The summed E-state index contributed by atoms with van der Waals surface area (Å²) < 4.78 is 48.0. The van der Waals surface area contributed by atoms with Gasteiger partial charge in [-0.15, -0.1) is 0 Å². The van der Waals surface area contributed by atoms with Gasteiger partial charge >= 0.3 is 6.11 Å². The second kappa shape index (κ2) is 7.87. The Balaban J connectivity index is 1.75. The van der Waals surface area contributed by atoms with Crippen LogP contribution in [0.5, 0.6) is 5.75 Å². The Labute approximate surface area is 156 Å². The molecule has 0 unspecified atom stereocenters. The summed E-state index contributed by atoms with van der Waals surface area (Å²) in [4.78, 5) is 0. The lowest BCUT2D eigenvalue weighted by molar-refractivity contribution is -0.187. The van der Waals surface area contributed by atoms with Gasteiger partial charge in [0.1, 0.15) is 11.6 Å². The molecule has 1 fully saturated rings. The molecule has 1 nitrogen and oxygen atoms in total. The number of hydrogen-bond acceptors (Lipinski definition) is 1. The van der Waals surface area contributed by atoms with Crippen molar-refractivity contribution < 1.29 is 17.9 Å². The number of ether oxygens (including phenoxy) is 1. The molecule has 0 heterocycles. The quantitative estimate of drug-likeness (QED) is 0.572. The highest BCUT2D eigenvalue weighted by Gasteiger charge is 2.38. The maximum atomic E-state index is 14.4. The summed E-state index contributed by atoms with van der Waals surface area (Å²) in [6.45, 7) is 1.85. The lowest BCUT2D eigenvalue weighted by Crippen LogP contribution is -2.23. The van der Waals surface area contributed by atoms with Gasteiger partial charge in [0.25, 0.3) is 0 Å². The van der Waals surface area contributed by atoms with Gasteiger partial charge in [0.05, 0.1) is 5.56 Å². The molecule has 0 spiro atoms. The lowest BCUT2D eigenvalue weighted by Gasteiger charge is -2.28. The maximum Gasteiger partial charge on any atom is 0.429 e. The third kappa shape index (κ3) is 4.31. The molecule has 1 saturated carbocycles. The van der Waals surface area contributed by atoms with Crippen molar-refractivity contribution in [1.29, 1.82) is 0 Å². The standard InChI is InChI=1S/C21H22F3OSi/c1-14-2-9-18(10-3-14)25-21(23,24)19-11-8-17(12-20(19)22)16-6-4-15(13-26)5-7-16/h2-3,8-12,15-16H,4-7,13H2,1H3. The molecule has 137 valence electrons. The zero-order valence-electron chi connectivity index (χ0n) is 14.8. The number of benzene rings is 2. The monoisotopic (exact) mass is 375 g/mol. The summed E-state index contributed by atoms with van der Waals surface area (Å²) in [6.07, 6.45) is 0.355. The van der Waals surface area contributed by atoms with E-state index in [-0.39, 0.29) is 11.7 Å². The molecule has 3 rings (SSSR count). The number of hydrogen-bond donors (Lipinski definition) is 0. The van der Waals surface area contributed by atoms with Crippen LogP contribution in [0.3, 0.4) is 0 Å². The van der Waals surface area contributed by atoms with Crippen LogP contribution in [0, 0.1) is 18.7 Å². The van der Waals surface area contributed by atoms with Crippen LogP contribution in [0.2, 0.25) is 6.04 Å². The fourth-order valence-corrected chi connectivity index (χ4v) is 3.94. The average molecular weight is 375 g/mol. The molecule has 3 radical (unpaired) electrons. The van der Waals surface area contributed by atoms with E-state index in [0.717, 1.165) is 48.9 Å². The molecule has 5 heteroatoms. The van der Waals surface area contributed by atoms with Gasteiger partial charge in [0.2, 0.25) is 0 Å². The molecule has 2 aromatic carbocycles. The predicted octanol–water partition coefficient (Wildman–Crippen LogP) is 6.12. The summed E-state index contributed by atoms with van der Waals surface area (Å²) in [5, 5.41) is 0. The van der Waals surface area contributed by atoms with E-state index in [0.29, 0.717) is 5.92 Å². The molecule has 0 aromatic heterocycles. The van der Waals surface area contributed by atoms with Crippen LogP contribution in [0.4, 0.5) is 13.2 Å². The number of rotatable bonds is 5. The van der Waals surface area contributed by atoms with Gasteiger partial charge < -0.3 is 4.74 Å². The van der Waals surface area contributed by atoms with Crippen molar-refractivity contribution in [3.8, 4) is 5.75 Å². The SMILES string of the molecule is Cc1ccc(OC(F)(F)c2ccc(C3CCC(C[Si])CC3)cc2F)cc1. The van der Waals surface area contributed by atoms with E-state index in [4.69, 9.17) is 4.74 Å². The van der Waals surface area contributed by atoms with E-state index in [1.807, 2.05) is 6.92 Å². The molecule has 0 bridgehead atoms. The summed E-state index contributed by atoms with van der Waals surface area (Å²) >= 11 is 0. The first kappa shape index (κ1) is 19.0. The second-order valence-corrected chi connectivity index (χ2v) is 7.50. The molecule has 0 N–H and O–H groups in total. The Bertz CT molecular complexity index is 737. The smallest absolute Gasteiger partial charge is 0.429 e. The number of halogens is 3. The Morgan fingerprint density at radius 2 is 1.69 bits per heavy atom. The minimum absolute atomic E-state index is 0.0111. The van der Waals surface area contributed by atoms with Crippen molar-refractivity contribution in [3.05, 3.63) is 65.0 Å². The van der Waals surface area contributed by atoms with Gasteiger partial charge in [0, 0.05) is 10.2 Å². The van der Waals surface area contributed by atoms with Crippen LogP contribution < -0.4 is 4.74 Å². The second-order valence-electron chi connectivity index (χ2n) is 7.09. The van der Waals surface area contributed by atoms with E-state index >= 15 is 0 Å². The van der Waals surface area contributed by atoms with Crippen LogP contribution in [-0.4, -0.2) is 10.2 Å². The van der Waals surface area contributed by atoms with Crippen molar-refractivity contribution in [2.45, 2.75) is 50.7 Å². The van der Waals surface area contributed by atoms with E-state index in [2.05, 4.69) is 10.2 Å². The van der Waals surface area contributed by atoms with Gasteiger partial charge in [-0.25, -0.2) is 4.39 Å². The third-order valence-electron chi connectivity index (χ3n) is 5.18. The Hall–Kier alpha value is -1.75. The third-order valence-corrected chi connectivity index (χ3v) is 5.76. The summed E-state index contributed by atoms with van der Waals surface area (Å²) in [6, 6.07) is 11.3. The largest absolute Gasteiger partial charge is 0.429 e. The zero-order valence-corrected chi connectivity index (χ0v) is 15.8. The maximum absolute atomic E-state index is 14.4. The predicted molar refractivity (Wildman–Crippen MR) is 97.4 cm³/mol. The van der Waals surface area contributed by atoms with Gasteiger partial charge in [-0.2, -0.15) is 8.78 Å². The molecular formula is C21H22F3OSi. The van der Waals surface area contributed by atoms with E-state index in [1.165, 1.54) is 18.2 Å². The van der Waals surface area contributed by atoms with E-state index < -0.39 is 17.5 Å². The van der Waals surface area contributed by atoms with Gasteiger partial charge in [0.15, 0.2) is 0 Å². The minimum Gasteiger partial charge on any atom is -0.429 e. The summed E-state index contributed by atoms with van der Waals surface area (Å²) in [7, 11) is 3.55. The molecule has 0 amide bonds. The highest BCUT2D eigenvalue weighted by Crippen LogP contribution is 2.39. The highest BCUT2D eigenvalue weighted by molar-refractivity contribution is 6.08. The Morgan fingerprint density at radius 3 is 2.27 bits per heavy atom. The molecule has 0 aliphatic heterocycles. The van der Waals surface area contributed by atoms with Crippen LogP contribution in [0.25, 0.3) is 0 Å². The van der Waals surface area contributed by atoms with Crippen molar-refractivity contribution in [2.24, 2.45) is 5.92 Å². The topological polar surface area (TPSA) is 9.23 Å².